The van der Waals surface area contributed by atoms with Crippen LogP contribution in [0, 0.1) is 10.1 Å². The fourth-order valence-electron chi connectivity index (χ4n) is 1.26. The van der Waals surface area contributed by atoms with E-state index in [0.29, 0.717) is 25.7 Å². The minimum atomic E-state index is -0.565. The molecule has 8 nitrogen and oxygen atoms in total. The van der Waals surface area contributed by atoms with E-state index in [4.69, 9.17) is 9.47 Å². The van der Waals surface area contributed by atoms with Crippen LogP contribution >= 0.6 is 0 Å². The Kier molecular flexibility index (Phi) is 3.33. The van der Waals surface area contributed by atoms with Gasteiger partial charge in [0.1, 0.15) is 12.3 Å². The Morgan fingerprint density at radius 2 is 2.47 bits per heavy atom. The summed E-state index contributed by atoms with van der Waals surface area (Å²) in [4.78, 5) is 18.0. The second-order valence-electron chi connectivity index (χ2n) is 3.45. The van der Waals surface area contributed by atoms with Gasteiger partial charge in [-0.1, -0.05) is 0 Å². The standard InChI is InChI=1S/C9H12N4O4/c1-2-10-9-11-3-7(13(14)15)8(12-9)17-6-4-16-5-6/h3,6H,2,4-5H2,1H3,(H,10,11,12). The van der Waals surface area contributed by atoms with Crippen LogP contribution in [0.15, 0.2) is 6.20 Å². The highest BCUT2D eigenvalue weighted by Crippen LogP contribution is 2.26. The number of aromatic nitrogens is 2. The van der Waals surface area contributed by atoms with Gasteiger partial charge in [0.05, 0.1) is 18.1 Å². The number of anilines is 1. The van der Waals surface area contributed by atoms with Crippen LogP contribution in [-0.4, -0.2) is 40.8 Å². The third kappa shape index (κ3) is 2.59. The van der Waals surface area contributed by atoms with Gasteiger partial charge in [-0.15, -0.1) is 0 Å². The lowest BCUT2D eigenvalue weighted by Crippen LogP contribution is -2.39. The minimum absolute atomic E-state index is 0.0192. The Balaban J connectivity index is 2.22. The molecule has 0 bridgehead atoms. The topological polar surface area (TPSA) is 99.4 Å². The molecule has 0 atom stereocenters. The van der Waals surface area contributed by atoms with Crippen LogP contribution in [0.3, 0.4) is 0 Å². The first-order valence-electron chi connectivity index (χ1n) is 5.20. The molecule has 1 N–H and O–H groups in total. The molecule has 1 aromatic rings. The average molecular weight is 240 g/mol. The molecule has 1 fully saturated rings. The van der Waals surface area contributed by atoms with E-state index in [1.54, 1.807) is 0 Å². The van der Waals surface area contributed by atoms with Gasteiger partial charge in [-0.05, 0) is 6.92 Å². The highest BCUT2D eigenvalue weighted by Gasteiger charge is 2.26. The van der Waals surface area contributed by atoms with Crippen molar-refractivity contribution in [2.24, 2.45) is 0 Å². The molecule has 1 aliphatic rings. The third-order valence-corrected chi connectivity index (χ3v) is 2.15. The van der Waals surface area contributed by atoms with Crippen molar-refractivity contribution in [2.75, 3.05) is 25.1 Å². The maximum Gasteiger partial charge on any atom is 0.349 e. The zero-order valence-corrected chi connectivity index (χ0v) is 9.25. The van der Waals surface area contributed by atoms with Gasteiger partial charge in [0.15, 0.2) is 0 Å². The predicted molar refractivity (Wildman–Crippen MR) is 58.1 cm³/mol. The van der Waals surface area contributed by atoms with E-state index in [0.717, 1.165) is 6.20 Å². The van der Waals surface area contributed by atoms with Gasteiger partial charge in [0, 0.05) is 6.54 Å². The maximum absolute atomic E-state index is 10.8. The van der Waals surface area contributed by atoms with Crippen LogP contribution < -0.4 is 10.1 Å². The lowest BCUT2D eigenvalue weighted by molar-refractivity contribution is -0.386. The fraction of sp³-hybridized carbons (Fsp3) is 0.556. The Morgan fingerprint density at radius 1 is 1.71 bits per heavy atom. The van der Waals surface area contributed by atoms with Gasteiger partial charge >= 0.3 is 5.69 Å². The smallest absolute Gasteiger partial charge is 0.349 e. The number of hydrogen-bond acceptors (Lipinski definition) is 7. The van der Waals surface area contributed by atoms with Crippen molar-refractivity contribution in [3.05, 3.63) is 16.3 Å². The molecular formula is C9H12N4O4. The van der Waals surface area contributed by atoms with Crippen molar-refractivity contribution in [3.63, 3.8) is 0 Å². The second kappa shape index (κ2) is 4.91. The third-order valence-electron chi connectivity index (χ3n) is 2.15. The van der Waals surface area contributed by atoms with Crippen molar-refractivity contribution in [2.45, 2.75) is 13.0 Å². The van der Waals surface area contributed by atoms with Crippen LogP contribution in [0.25, 0.3) is 0 Å². The van der Waals surface area contributed by atoms with Gasteiger partial charge in [-0.3, -0.25) is 10.1 Å². The van der Waals surface area contributed by atoms with E-state index >= 15 is 0 Å². The molecule has 0 spiro atoms. The Morgan fingerprint density at radius 3 is 3.00 bits per heavy atom. The molecule has 0 saturated carbocycles. The summed E-state index contributed by atoms with van der Waals surface area (Å²) in [6, 6.07) is 0. The molecule has 0 aliphatic carbocycles. The van der Waals surface area contributed by atoms with E-state index in [-0.39, 0.29) is 17.7 Å². The molecule has 1 saturated heterocycles. The molecule has 0 amide bonds. The summed E-state index contributed by atoms with van der Waals surface area (Å²) >= 11 is 0. The number of nitrogens with one attached hydrogen (secondary N) is 1. The summed E-state index contributed by atoms with van der Waals surface area (Å²) in [7, 11) is 0. The molecule has 2 heterocycles. The average Bonchev–Trinajstić information content (AvgIpc) is 2.24. The van der Waals surface area contributed by atoms with Crippen molar-refractivity contribution < 1.29 is 14.4 Å². The van der Waals surface area contributed by atoms with Crippen LogP contribution in [0.2, 0.25) is 0 Å². The van der Waals surface area contributed by atoms with Crippen LogP contribution in [0.4, 0.5) is 11.6 Å². The van der Waals surface area contributed by atoms with E-state index in [2.05, 4.69) is 15.3 Å². The molecule has 0 aromatic carbocycles. The fourth-order valence-corrected chi connectivity index (χ4v) is 1.26. The number of nitro groups is 1. The zero-order chi connectivity index (χ0) is 12.3. The van der Waals surface area contributed by atoms with E-state index < -0.39 is 4.92 Å². The zero-order valence-electron chi connectivity index (χ0n) is 9.25. The van der Waals surface area contributed by atoms with Crippen LogP contribution in [0.1, 0.15) is 6.92 Å². The summed E-state index contributed by atoms with van der Waals surface area (Å²) in [6.45, 7) is 3.37. The maximum atomic E-state index is 10.8. The van der Waals surface area contributed by atoms with Crippen LogP contribution in [0.5, 0.6) is 5.88 Å². The molecule has 1 aliphatic heterocycles. The summed E-state index contributed by atoms with van der Waals surface area (Å²) in [5.41, 5.74) is -0.237. The SMILES string of the molecule is CCNc1ncc([N+](=O)[O-])c(OC2COC2)n1. The molecule has 92 valence electrons. The lowest BCUT2D eigenvalue weighted by atomic mass is 10.3. The van der Waals surface area contributed by atoms with Gasteiger partial charge < -0.3 is 14.8 Å². The van der Waals surface area contributed by atoms with Crippen molar-refractivity contribution in [3.8, 4) is 5.88 Å². The number of ether oxygens (including phenoxy) is 2. The predicted octanol–water partition coefficient (Wildman–Crippen LogP) is 0.594. The van der Waals surface area contributed by atoms with Gasteiger partial charge in [0.2, 0.25) is 5.95 Å². The molecule has 1 aromatic heterocycles. The normalized spacial score (nSPS) is 15.1. The van der Waals surface area contributed by atoms with E-state index in [1.807, 2.05) is 6.92 Å². The van der Waals surface area contributed by atoms with Gasteiger partial charge in [0.25, 0.3) is 5.88 Å². The number of rotatable bonds is 5. The summed E-state index contributed by atoms with van der Waals surface area (Å²) < 4.78 is 10.3. The first-order chi connectivity index (χ1) is 8.20. The molecule has 0 unspecified atom stereocenters. The van der Waals surface area contributed by atoms with Gasteiger partial charge in [-0.2, -0.15) is 4.98 Å². The quantitative estimate of drug-likeness (QED) is 0.594. The van der Waals surface area contributed by atoms with E-state index in [1.165, 1.54) is 0 Å². The second-order valence-corrected chi connectivity index (χ2v) is 3.45. The Labute approximate surface area is 97.1 Å². The summed E-state index contributed by atoms with van der Waals surface area (Å²) in [5.74, 6) is 0.294. The molecule has 17 heavy (non-hydrogen) atoms. The Bertz CT molecular complexity index is 421. The number of hydrogen-bond donors (Lipinski definition) is 1. The monoisotopic (exact) mass is 240 g/mol. The summed E-state index contributed by atoms with van der Waals surface area (Å²) in [5, 5.41) is 13.6. The summed E-state index contributed by atoms with van der Waals surface area (Å²) in [6.07, 6.45) is 0.970. The molecule has 0 radical (unpaired) electrons. The largest absolute Gasteiger partial charge is 0.464 e. The molecular weight excluding hydrogens is 228 g/mol. The molecule has 2 rings (SSSR count). The number of nitrogens with zero attached hydrogens (tertiary/aromatic N) is 3. The molecule has 8 heteroatoms. The van der Waals surface area contributed by atoms with E-state index in [9.17, 15) is 10.1 Å². The minimum Gasteiger partial charge on any atom is -0.464 e. The van der Waals surface area contributed by atoms with Crippen LogP contribution in [-0.2, 0) is 4.74 Å². The van der Waals surface area contributed by atoms with Crippen molar-refractivity contribution in [1.29, 1.82) is 0 Å². The van der Waals surface area contributed by atoms with Gasteiger partial charge in [-0.25, -0.2) is 4.98 Å². The van der Waals surface area contributed by atoms with Crippen molar-refractivity contribution in [1.82, 2.24) is 9.97 Å². The first-order valence-corrected chi connectivity index (χ1v) is 5.20. The highest BCUT2D eigenvalue weighted by atomic mass is 16.6. The lowest BCUT2D eigenvalue weighted by Gasteiger charge is -2.25. The van der Waals surface area contributed by atoms with Crippen molar-refractivity contribution >= 4 is 11.6 Å². The highest BCUT2D eigenvalue weighted by molar-refractivity contribution is 5.43. The Hall–Kier alpha value is -1.96. The first kappa shape index (κ1) is 11.5.